The van der Waals surface area contributed by atoms with Crippen molar-refractivity contribution in [2.45, 2.75) is 6.42 Å². The molecular weight excluding hydrogens is 413 g/mol. The van der Waals surface area contributed by atoms with Crippen LogP contribution in [0.4, 0.5) is 5.69 Å². The first-order valence-electron chi connectivity index (χ1n) is 7.97. The van der Waals surface area contributed by atoms with Crippen LogP contribution in [0.25, 0.3) is 0 Å². The first-order chi connectivity index (χ1) is 12.9. The van der Waals surface area contributed by atoms with Gasteiger partial charge in [0, 0.05) is 18.0 Å². The van der Waals surface area contributed by atoms with Gasteiger partial charge < -0.3 is 4.90 Å². The molecular formula is C18H14Cl3N3O3. The van der Waals surface area contributed by atoms with Gasteiger partial charge in [0.1, 0.15) is 0 Å². The number of halogens is 3. The maximum atomic E-state index is 12.3. The molecule has 2 aromatic rings. The molecule has 0 bridgehead atoms. The van der Waals surface area contributed by atoms with Crippen LogP contribution in [0.3, 0.4) is 0 Å². The van der Waals surface area contributed by atoms with Gasteiger partial charge >= 0.3 is 0 Å². The Morgan fingerprint density at radius 1 is 1.00 bits per heavy atom. The lowest BCUT2D eigenvalue weighted by molar-refractivity contribution is -0.126. The SMILES string of the molecule is O=C(NNC(=O)[C@H]1CC(=O)N(c2cc(Cl)ccc2Cl)C1)c1ccccc1Cl. The molecule has 0 radical (unpaired) electrons. The maximum Gasteiger partial charge on any atom is 0.271 e. The number of benzene rings is 2. The zero-order chi connectivity index (χ0) is 19.6. The van der Waals surface area contributed by atoms with Gasteiger partial charge in [-0.1, -0.05) is 46.9 Å². The summed E-state index contributed by atoms with van der Waals surface area (Å²) in [6, 6.07) is 11.2. The Bertz CT molecular complexity index is 920. The average Bonchev–Trinajstić information content (AvgIpc) is 3.03. The molecule has 6 nitrogen and oxygen atoms in total. The Kier molecular flexibility index (Phi) is 5.89. The molecule has 0 spiro atoms. The highest BCUT2D eigenvalue weighted by Gasteiger charge is 2.36. The lowest BCUT2D eigenvalue weighted by Crippen LogP contribution is -2.45. The molecule has 1 fully saturated rings. The number of nitrogens with zero attached hydrogens (tertiary/aromatic N) is 1. The lowest BCUT2D eigenvalue weighted by Gasteiger charge is -2.18. The fourth-order valence-electron chi connectivity index (χ4n) is 2.74. The highest BCUT2D eigenvalue weighted by molar-refractivity contribution is 6.36. The maximum absolute atomic E-state index is 12.3. The normalized spacial score (nSPS) is 16.3. The van der Waals surface area contributed by atoms with Crippen LogP contribution >= 0.6 is 34.8 Å². The summed E-state index contributed by atoms with van der Waals surface area (Å²) in [5, 5.41) is 1.06. The van der Waals surface area contributed by atoms with E-state index >= 15 is 0 Å². The van der Waals surface area contributed by atoms with Crippen molar-refractivity contribution in [2.24, 2.45) is 5.92 Å². The summed E-state index contributed by atoms with van der Waals surface area (Å²) < 4.78 is 0. The molecule has 0 unspecified atom stereocenters. The minimum Gasteiger partial charge on any atom is -0.310 e. The monoisotopic (exact) mass is 425 g/mol. The van der Waals surface area contributed by atoms with E-state index in [0.717, 1.165) is 0 Å². The van der Waals surface area contributed by atoms with Gasteiger partial charge in [-0.25, -0.2) is 0 Å². The molecule has 0 aromatic heterocycles. The van der Waals surface area contributed by atoms with Crippen LogP contribution in [-0.2, 0) is 9.59 Å². The largest absolute Gasteiger partial charge is 0.310 e. The van der Waals surface area contributed by atoms with Gasteiger partial charge in [-0.05, 0) is 30.3 Å². The number of amides is 3. The van der Waals surface area contributed by atoms with E-state index < -0.39 is 17.7 Å². The van der Waals surface area contributed by atoms with E-state index in [1.54, 1.807) is 36.4 Å². The number of hydrogen-bond donors (Lipinski definition) is 2. The third-order valence-electron chi connectivity index (χ3n) is 4.11. The van der Waals surface area contributed by atoms with Crippen molar-refractivity contribution in [3.8, 4) is 0 Å². The average molecular weight is 427 g/mol. The highest BCUT2D eigenvalue weighted by Crippen LogP contribution is 2.33. The zero-order valence-electron chi connectivity index (χ0n) is 13.8. The molecule has 2 N–H and O–H groups in total. The summed E-state index contributed by atoms with van der Waals surface area (Å²) in [6.07, 6.45) is -0.00333. The summed E-state index contributed by atoms with van der Waals surface area (Å²) in [4.78, 5) is 38.1. The molecule has 1 aliphatic heterocycles. The Labute approximate surface area is 170 Å². The number of carbonyl (C=O) groups is 3. The van der Waals surface area contributed by atoms with Crippen molar-refractivity contribution in [3.05, 3.63) is 63.1 Å². The Morgan fingerprint density at radius 3 is 2.48 bits per heavy atom. The van der Waals surface area contributed by atoms with E-state index in [9.17, 15) is 14.4 Å². The smallest absolute Gasteiger partial charge is 0.271 e. The zero-order valence-corrected chi connectivity index (χ0v) is 16.1. The van der Waals surface area contributed by atoms with Crippen LogP contribution < -0.4 is 15.8 Å². The predicted molar refractivity (Wildman–Crippen MR) is 104 cm³/mol. The minimum atomic E-state index is -0.640. The molecule has 140 valence electrons. The molecule has 3 amide bonds. The number of nitrogens with one attached hydrogen (secondary N) is 2. The summed E-state index contributed by atoms with van der Waals surface area (Å²) in [7, 11) is 0. The highest BCUT2D eigenvalue weighted by atomic mass is 35.5. The molecule has 1 saturated heterocycles. The van der Waals surface area contributed by atoms with Crippen molar-refractivity contribution in [3.63, 3.8) is 0 Å². The predicted octanol–water partition coefficient (Wildman–Crippen LogP) is 3.46. The third kappa shape index (κ3) is 4.35. The quantitative estimate of drug-likeness (QED) is 0.738. The fraction of sp³-hybridized carbons (Fsp3) is 0.167. The third-order valence-corrected chi connectivity index (χ3v) is 5.00. The Hall–Kier alpha value is -2.28. The second-order valence-electron chi connectivity index (χ2n) is 5.92. The fourth-order valence-corrected chi connectivity index (χ4v) is 3.35. The molecule has 3 rings (SSSR count). The number of hydrogen-bond acceptors (Lipinski definition) is 3. The van der Waals surface area contributed by atoms with Gasteiger partial charge in [0.05, 0.1) is 27.2 Å². The first-order valence-corrected chi connectivity index (χ1v) is 9.10. The lowest BCUT2D eigenvalue weighted by atomic mass is 10.1. The van der Waals surface area contributed by atoms with Crippen LogP contribution in [0, 0.1) is 5.92 Å². The van der Waals surface area contributed by atoms with Crippen molar-refractivity contribution in [2.75, 3.05) is 11.4 Å². The number of rotatable bonds is 3. The van der Waals surface area contributed by atoms with Crippen LogP contribution in [0.1, 0.15) is 16.8 Å². The molecule has 0 aliphatic carbocycles. The van der Waals surface area contributed by atoms with Gasteiger partial charge in [-0.2, -0.15) is 0 Å². The van der Waals surface area contributed by atoms with Crippen LogP contribution in [0.15, 0.2) is 42.5 Å². The van der Waals surface area contributed by atoms with E-state index in [1.807, 2.05) is 0 Å². The second kappa shape index (κ2) is 8.17. The number of anilines is 1. The second-order valence-corrected chi connectivity index (χ2v) is 7.18. The van der Waals surface area contributed by atoms with Gasteiger partial charge in [0.2, 0.25) is 11.8 Å². The standard InChI is InChI=1S/C18H14Cl3N3O3/c19-11-5-6-14(21)15(8-11)24-9-10(7-16(24)25)17(26)22-23-18(27)12-3-1-2-4-13(12)20/h1-6,8,10H,7,9H2,(H,22,26)(H,23,27)/t10-/m0/s1. The van der Waals surface area contributed by atoms with Gasteiger partial charge in [-0.3, -0.25) is 25.2 Å². The van der Waals surface area contributed by atoms with Crippen LogP contribution in [-0.4, -0.2) is 24.3 Å². The molecule has 2 aromatic carbocycles. The van der Waals surface area contributed by atoms with E-state index in [2.05, 4.69) is 10.9 Å². The van der Waals surface area contributed by atoms with Crippen LogP contribution in [0.5, 0.6) is 0 Å². The van der Waals surface area contributed by atoms with Gasteiger partial charge in [0.25, 0.3) is 5.91 Å². The van der Waals surface area contributed by atoms with E-state index in [0.29, 0.717) is 15.7 Å². The number of hydrazine groups is 1. The van der Waals surface area contributed by atoms with E-state index in [-0.39, 0.29) is 29.5 Å². The molecule has 1 atom stereocenters. The number of carbonyl (C=O) groups excluding carboxylic acids is 3. The van der Waals surface area contributed by atoms with E-state index in [1.165, 1.54) is 11.0 Å². The first kappa shape index (κ1) is 19.5. The summed E-state index contributed by atoms with van der Waals surface area (Å²) in [5.41, 5.74) is 5.32. The Balaban J connectivity index is 1.63. The topological polar surface area (TPSA) is 78.5 Å². The van der Waals surface area contributed by atoms with Crippen molar-refractivity contribution < 1.29 is 14.4 Å². The summed E-state index contributed by atoms with van der Waals surface area (Å²) in [6.45, 7) is 0.132. The van der Waals surface area contributed by atoms with Crippen molar-refractivity contribution in [1.29, 1.82) is 0 Å². The molecule has 1 heterocycles. The van der Waals surface area contributed by atoms with Crippen molar-refractivity contribution in [1.82, 2.24) is 10.9 Å². The van der Waals surface area contributed by atoms with Crippen molar-refractivity contribution >= 4 is 58.2 Å². The molecule has 9 heteroatoms. The minimum absolute atomic E-state index is 0.00333. The Morgan fingerprint density at radius 2 is 1.74 bits per heavy atom. The molecule has 1 aliphatic rings. The molecule has 0 saturated carbocycles. The molecule has 27 heavy (non-hydrogen) atoms. The van der Waals surface area contributed by atoms with Gasteiger partial charge in [-0.15, -0.1) is 0 Å². The van der Waals surface area contributed by atoms with Crippen LogP contribution in [0.2, 0.25) is 15.1 Å². The summed E-state index contributed by atoms with van der Waals surface area (Å²) >= 11 is 18.0. The van der Waals surface area contributed by atoms with Gasteiger partial charge in [0.15, 0.2) is 0 Å². The summed E-state index contributed by atoms with van der Waals surface area (Å²) in [5.74, 6) is -1.92. The van der Waals surface area contributed by atoms with E-state index in [4.69, 9.17) is 34.8 Å².